The lowest BCUT2D eigenvalue weighted by Gasteiger charge is -2.16. The molecule has 2 rings (SSSR count). The molecule has 1 atom stereocenters. The van der Waals surface area contributed by atoms with E-state index in [1.165, 1.54) is 0 Å². The average molecular weight is 334 g/mol. The molecule has 1 aliphatic heterocycles. The van der Waals surface area contributed by atoms with Crippen LogP contribution in [0.15, 0.2) is 24.3 Å². The highest BCUT2D eigenvalue weighted by Gasteiger charge is 2.33. The maximum atomic E-state index is 12.1. The zero-order chi connectivity index (χ0) is 17.4. The van der Waals surface area contributed by atoms with Crippen molar-refractivity contribution in [3.05, 3.63) is 29.8 Å². The van der Waals surface area contributed by atoms with Crippen molar-refractivity contribution < 1.29 is 19.1 Å². The summed E-state index contributed by atoms with van der Waals surface area (Å²) in [6, 6.07) is 7.83. The minimum absolute atomic E-state index is 0.0357. The predicted molar refractivity (Wildman–Crippen MR) is 90.9 cm³/mol. The van der Waals surface area contributed by atoms with E-state index in [4.69, 9.17) is 9.47 Å². The minimum atomic E-state index is -0.240. The Hall–Kier alpha value is -2.08. The molecule has 0 bridgehead atoms. The second-order valence-corrected chi connectivity index (χ2v) is 5.98. The molecule has 2 amide bonds. The van der Waals surface area contributed by atoms with E-state index in [-0.39, 0.29) is 17.7 Å². The van der Waals surface area contributed by atoms with Crippen molar-refractivity contribution in [1.82, 2.24) is 10.2 Å². The number of carbonyl (C=O) groups excluding carboxylic acids is 2. The summed E-state index contributed by atoms with van der Waals surface area (Å²) in [5, 5.41) is 2.88. The third kappa shape index (κ3) is 5.23. The molecule has 0 saturated carbocycles. The van der Waals surface area contributed by atoms with Crippen LogP contribution in [0.2, 0.25) is 0 Å². The molecule has 1 N–H and O–H groups in total. The van der Waals surface area contributed by atoms with Crippen molar-refractivity contribution in [3.63, 3.8) is 0 Å². The number of hydrogen-bond donors (Lipinski definition) is 1. The molecular formula is C18H26N2O4. The third-order valence-corrected chi connectivity index (χ3v) is 4.24. The molecule has 24 heavy (non-hydrogen) atoms. The summed E-state index contributed by atoms with van der Waals surface area (Å²) >= 11 is 0. The first-order chi connectivity index (χ1) is 11.6. The van der Waals surface area contributed by atoms with Crippen molar-refractivity contribution in [2.75, 3.05) is 40.5 Å². The van der Waals surface area contributed by atoms with Gasteiger partial charge in [0.25, 0.3) is 0 Å². The number of benzene rings is 1. The Labute approximate surface area is 143 Å². The summed E-state index contributed by atoms with van der Waals surface area (Å²) < 4.78 is 10.1. The van der Waals surface area contributed by atoms with E-state index in [0.29, 0.717) is 32.7 Å². The van der Waals surface area contributed by atoms with E-state index in [0.717, 1.165) is 24.2 Å². The van der Waals surface area contributed by atoms with Crippen LogP contribution >= 0.6 is 0 Å². The van der Waals surface area contributed by atoms with Crippen molar-refractivity contribution >= 4 is 11.8 Å². The summed E-state index contributed by atoms with van der Waals surface area (Å²) in [4.78, 5) is 26.0. The first kappa shape index (κ1) is 18.3. The van der Waals surface area contributed by atoms with E-state index in [1.807, 2.05) is 24.3 Å². The molecule has 0 aliphatic carbocycles. The van der Waals surface area contributed by atoms with Gasteiger partial charge in [-0.2, -0.15) is 0 Å². The lowest BCUT2D eigenvalue weighted by Crippen LogP contribution is -2.34. The summed E-state index contributed by atoms with van der Waals surface area (Å²) in [7, 11) is 3.27. The van der Waals surface area contributed by atoms with Gasteiger partial charge >= 0.3 is 0 Å². The Morgan fingerprint density at radius 3 is 2.71 bits per heavy atom. The molecule has 0 spiro atoms. The van der Waals surface area contributed by atoms with Gasteiger partial charge in [0.05, 0.1) is 13.0 Å². The highest BCUT2D eigenvalue weighted by atomic mass is 16.5. The van der Waals surface area contributed by atoms with E-state index < -0.39 is 0 Å². The first-order valence-electron chi connectivity index (χ1n) is 8.31. The van der Waals surface area contributed by atoms with Crippen molar-refractivity contribution in [2.45, 2.75) is 19.3 Å². The van der Waals surface area contributed by atoms with E-state index in [9.17, 15) is 9.59 Å². The summed E-state index contributed by atoms with van der Waals surface area (Å²) in [5.41, 5.74) is 1.15. The second-order valence-electron chi connectivity index (χ2n) is 5.98. The average Bonchev–Trinajstić information content (AvgIpc) is 2.98. The predicted octanol–water partition coefficient (Wildman–Crippen LogP) is 1.24. The van der Waals surface area contributed by atoms with Gasteiger partial charge in [-0.1, -0.05) is 12.1 Å². The fraction of sp³-hybridized carbons (Fsp3) is 0.556. The Kier molecular flexibility index (Phi) is 7.06. The van der Waals surface area contributed by atoms with Gasteiger partial charge in [-0.05, 0) is 30.5 Å². The van der Waals surface area contributed by atoms with Crippen LogP contribution in [0.1, 0.15) is 18.4 Å². The van der Waals surface area contributed by atoms with E-state index in [2.05, 4.69) is 5.32 Å². The number of rotatable bonds is 9. The quantitative estimate of drug-likeness (QED) is 0.690. The molecule has 1 fully saturated rings. The van der Waals surface area contributed by atoms with E-state index >= 15 is 0 Å². The van der Waals surface area contributed by atoms with Crippen LogP contribution in [-0.2, 0) is 20.7 Å². The molecule has 132 valence electrons. The number of carbonyl (C=O) groups is 2. The standard InChI is InChI=1S/C18H26N2O4/c1-23-11-3-9-19-18(22)15-12-17(21)20(13-15)10-8-14-4-6-16(24-2)7-5-14/h4-7,15H,3,8-13H2,1-2H3,(H,19,22). The van der Waals surface area contributed by atoms with Gasteiger partial charge in [-0.15, -0.1) is 0 Å². The molecule has 6 heteroatoms. The van der Waals surface area contributed by atoms with Gasteiger partial charge in [-0.3, -0.25) is 9.59 Å². The molecule has 1 aromatic carbocycles. The Morgan fingerprint density at radius 2 is 2.04 bits per heavy atom. The third-order valence-electron chi connectivity index (χ3n) is 4.24. The largest absolute Gasteiger partial charge is 0.497 e. The number of amides is 2. The first-order valence-corrected chi connectivity index (χ1v) is 8.31. The monoisotopic (exact) mass is 334 g/mol. The number of hydrogen-bond acceptors (Lipinski definition) is 4. The van der Waals surface area contributed by atoms with Gasteiger partial charge in [0, 0.05) is 39.8 Å². The van der Waals surface area contributed by atoms with Gasteiger partial charge in [0.1, 0.15) is 5.75 Å². The molecule has 1 heterocycles. The molecule has 1 aromatic rings. The highest BCUT2D eigenvalue weighted by molar-refractivity contribution is 5.89. The van der Waals surface area contributed by atoms with Crippen LogP contribution in [0.3, 0.4) is 0 Å². The fourth-order valence-electron chi connectivity index (χ4n) is 2.79. The summed E-state index contributed by atoms with van der Waals surface area (Å²) in [6.45, 7) is 2.35. The fourth-order valence-corrected chi connectivity index (χ4v) is 2.79. The second kappa shape index (κ2) is 9.27. The van der Waals surface area contributed by atoms with Gasteiger partial charge < -0.3 is 19.7 Å². The van der Waals surface area contributed by atoms with Gasteiger partial charge in [0.15, 0.2) is 0 Å². The minimum Gasteiger partial charge on any atom is -0.497 e. The number of likely N-dealkylation sites (tertiary alicyclic amines) is 1. The van der Waals surface area contributed by atoms with Crippen LogP contribution < -0.4 is 10.1 Å². The molecular weight excluding hydrogens is 308 g/mol. The van der Waals surface area contributed by atoms with Crippen LogP contribution in [0.5, 0.6) is 5.75 Å². The van der Waals surface area contributed by atoms with Crippen molar-refractivity contribution in [3.8, 4) is 5.75 Å². The maximum Gasteiger partial charge on any atom is 0.225 e. The van der Waals surface area contributed by atoms with Crippen molar-refractivity contribution in [2.24, 2.45) is 5.92 Å². The highest BCUT2D eigenvalue weighted by Crippen LogP contribution is 2.19. The zero-order valence-electron chi connectivity index (χ0n) is 14.4. The Balaban J connectivity index is 1.76. The smallest absolute Gasteiger partial charge is 0.225 e. The Morgan fingerprint density at radius 1 is 1.29 bits per heavy atom. The molecule has 1 saturated heterocycles. The van der Waals surface area contributed by atoms with Gasteiger partial charge in [0.2, 0.25) is 11.8 Å². The van der Waals surface area contributed by atoms with Crippen LogP contribution in [0.25, 0.3) is 0 Å². The number of methoxy groups -OCH3 is 2. The normalized spacial score (nSPS) is 17.2. The van der Waals surface area contributed by atoms with Crippen LogP contribution in [-0.4, -0.2) is 57.2 Å². The zero-order valence-corrected chi connectivity index (χ0v) is 14.4. The lowest BCUT2D eigenvalue weighted by molar-refractivity contribution is -0.129. The topological polar surface area (TPSA) is 67.9 Å². The Bertz CT molecular complexity index is 544. The molecule has 6 nitrogen and oxygen atoms in total. The SMILES string of the molecule is COCCCNC(=O)C1CC(=O)N(CCc2ccc(OC)cc2)C1. The van der Waals surface area contributed by atoms with Gasteiger partial charge in [-0.25, -0.2) is 0 Å². The molecule has 1 unspecified atom stereocenters. The summed E-state index contributed by atoms with van der Waals surface area (Å²) in [6.07, 6.45) is 1.86. The summed E-state index contributed by atoms with van der Waals surface area (Å²) in [5.74, 6) is 0.601. The molecule has 1 aliphatic rings. The van der Waals surface area contributed by atoms with Crippen LogP contribution in [0, 0.1) is 5.92 Å². The van der Waals surface area contributed by atoms with Crippen molar-refractivity contribution in [1.29, 1.82) is 0 Å². The molecule has 0 aromatic heterocycles. The number of nitrogens with zero attached hydrogens (tertiary/aromatic N) is 1. The lowest BCUT2D eigenvalue weighted by atomic mass is 10.1. The maximum absolute atomic E-state index is 12.1. The molecule has 0 radical (unpaired) electrons. The van der Waals surface area contributed by atoms with Crippen LogP contribution in [0.4, 0.5) is 0 Å². The number of nitrogens with one attached hydrogen (secondary N) is 1. The number of ether oxygens (including phenoxy) is 2. The van der Waals surface area contributed by atoms with E-state index in [1.54, 1.807) is 19.1 Å².